The van der Waals surface area contributed by atoms with Crippen molar-refractivity contribution >= 4 is 11.6 Å². The average molecular weight is 284 g/mol. The van der Waals surface area contributed by atoms with E-state index in [9.17, 15) is 0 Å². The number of H-pyrrole nitrogens is 1. The van der Waals surface area contributed by atoms with Crippen LogP contribution in [0.4, 0.5) is 0 Å². The first kappa shape index (κ1) is 14.9. The highest BCUT2D eigenvalue weighted by atomic mass is 35.5. The zero-order chi connectivity index (χ0) is 13.7. The molecule has 0 radical (unpaired) electrons. The lowest BCUT2D eigenvalue weighted by Gasteiger charge is -2.41. The molecule has 0 spiro atoms. The van der Waals surface area contributed by atoms with Crippen molar-refractivity contribution in [2.75, 3.05) is 6.54 Å². The van der Waals surface area contributed by atoms with E-state index < -0.39 is 0 Å². The van der Waals surface area contributed by atoms with Crippen LogP contribution in [-0.2, 0) is 13.0 Å². The van der Waals surface area contributed by atoms with Crippen LogP contribution < -0.4 is 5.32 Å². The van der Waals surface area contributed by atoms with Crippen LogP contribution in [0.25, 0.3) is 0 Å². The first-order valence-electron chi connectivity index (χ1n) is 7.63. The second-order valence-corrected chi connectivity index (χ2v) is 6.23. The number of halogens is 1. The molecule has 1 aliphatic rings. The summed E-state index contributed by atoms with van der Waals surface area (Å²) in [6.45, 7) is 6.39. The maximum absolute atomic E-state index is 6.17. The standard InChI is InChI=1S/C15H26ClN3/c1-3-5-7-13-18-12(14(16)19-13)10-17-11-15(4-2)8-6-9-15/h17H,3-11H2,1-2H3,(H,18,19). The third-order valence-electron chi connectivity index (χ3n) is 4.51. The number of nitrogens with one attached hydrogen (secondary N) is 2. The SMILES string of the molecule is CCCCc1nc(Cl)c(CNCC2(CC)CCC2)[nH]1. The quantitative estimate of drug-likeness (QED) is 0.755. The van der Waals surface area contributed by atoms with Gasteiger partial charge in [-0.2, -0.15) is 0 Å². The van der Waals surface area contributed by atoms with E-state index in [-0.39, 0.29) is 0 Å². The Morgan fingerprint density at radius 3 is 2.74 bits per heavy atom. The molecule has 108 valence electrons. The molecule has 3 nitrogen and oxygen atoms in total. The molecule has 0 amide bonds. The average Bonchev–Trinajstić information content (AvgIpc) is 2.71. The Morgan fingerprint density at radius 2 is 2.16 bits per heavy atom. The van der Waals surface area contributed by atoms with E-state index in [1.165, 1.54) is 32.1 Å². The van der Waals surface area contributed by atoms with Crippen molar-refractivity contribution in [3.05, 3.63) is 16.7 Å². The van der Waals surface area contributed by atoms with Crippen molar-refractivity contribution in [3.63, 3.8) is 0 Å². The summed E-state index contributed by atoms with van der Waals surface area (Å²) in [6.07, 6.45) is 8.75. The van der Waals surface area contributed by atoms with Gasteiger partial charge in [-0.05, 0) is 31.1 Å². The summed E-state index contributed by atoms with van der Waals surface area (Å²) in [5.41, 5.74) is 1.59. The third kappa shape index (κ3) is 3.73. The van der Waals surface area contributed by atoms with Crippen LogP contribution in [0.2, 0.25) is 5.15 Å². The zero-order valence-corrected chi connectivity index (χ0v) is 12.9. The molecule has 1 saturated carbocycles. The highest BCUT2D eigenvalue weighted by Gasteiger charge is 2.34. The molecule has 0 unspecified atom stereocenters. The van der Waals surface area contributed by atoms with E-state index in [1.807, 2.05) is 0 Å². The molecule has 0 atom stereocenters. The van der Waals surface area contributed by atoms with E-state index >= 15 is 0 Å². The summed E-state index contributed by atoms with van der Waals surface area (Å²) >= 11 is 6.17. The predicted octanol–water partition coefficient (Wildman–Crippen LogP) is 4.08. The summed E-state index contributed by atoms with van der Waals surface area (Å²) in [6, 6.07) is 0. The summed E-state index contributed by atoms with van der Waals surface area (Å²) in [5, 5.41) is 4.19. The van der Waals surface area contributed by atoms with Gasteiger partial charge >= 0.3 is 0 Å². The Hall–Kier alpha value is -0.540. The molecular formula is C15H26ClN3. The fourth-order valence-corrected chi connectivity index (χ4v) is 3.02. The number of hydrogen-bond acceptors (Lipinski definition) is 2. The second kappa shape index (κ2) is 6.76. The number of hydrogen-bond donors (Lipinski definition) is 2. The number of nitrogens with zero attached hydrogens (tertiary/aromatic N) is 1. The van der Waals surface area contributed by atoms with Gasteiger partial charge in [-0.15, -0.1) is 0 Å². The number of aryl methyl sites for hydroxylation is 1. The van der Waals surface area contributed by atoms with Crippen LogP contribution in [0.15, 0.2) is 0 Å². The maximum atomic E-state index is 6.17. The zero-order valence-electron chi connectivity index (χ0n) is 12.2. The number of unbranched alkanes of at least 4 members (excludes halogenated alkanes) is 1. The largest absolute Gasteiger partial charge is 0.344 e. The van der Waals surface area contributed by atoms with Crippen molar-refractivity contribution in [3.8, 4) is 0 Å². The lowest BCUT2D eigenvalue weighted by Crippen LogP contribution is -2.39. The molecule has 2 rings (SSSR count). The Morgan fingerprint density at radius 1 is 1.37 bits per heavy atom. The van der Waals surface area contributed by atoms with Gasteiger partial charge in [0.25, 0.3) is 0 Å². The lowest BCUT2D eigenvalue weighted by atomic mass is 9.67. The molecule has 0 saturated heterocycles. The van der Waals surface area contributed by atoms with E-state index in [2.05, 4.69) is 29.1 Å². The van der Waals surface area contributed by atoms with Gasteiger partial charge in [-0.25, -0.2) is 4.98 Å². The van der Waals surface area contributed by atoms with Gasteiger partial charge in [0.05, 0.1) is 5.69 Å². The minimum atomic E-state index is 0.553. The van der Waals surface area contributed by atoms with E-state index in [4.69, 9.17) is 11.6 Å². The van der Waals surface area contributed by atoms with Crippen molar-refractivity contribution in [2.24, 2.45) is 5.41 Å². The number of imidazole rings is 1. The minimum Gasteiger partial charge on any atom is -0.344 e. The number of rotatable bonds is 8. The molecule has 1 fully saturated rings. The molecule has 1 aromatic heterocycles. The molecule has 0 bridgehead atoms. The van der Waals surface area contributed by atoms with Gasteiger partial charge in [0.2, 0.25) is 0 Å². The van der Waals surface area contributed by atoms with Gasteiger partial charge in [-0.1, -0.05) is 38.3 Å². The highest BCUT2D eigenvalue weighted by molar-refractivity contribution is 6.30. The predicted molar refractivity (Wildman–Crippen MR) is 80.5 cm³/mol. The minimum absolute atomic E-state index is 0.553. The fourth-order valence-electron chi connectivity index (χ4n) is 2.80. The van der Waals surface area contributed by atoms with E-state index in [0.717, 1.165) is 37.4 Å². The molecule has 4 heteroatoms. The van der Waals surface area contributed by atoms with Crippen molar-refractivity contribution in [2.45, 2.75) is 65.3 Å². The summed E-state index contributed by atoms with van der Waals surface area (Å²) in [7, 11) is 0. The molecule has 1 aromatic rings. The summed E-state index contributed by atoms with van der Waals surface area (Å²) in [4.78, 5) is 7.74. The summed E-state index contributed by atoms with van der Waals surface area (Å²) in [5.74, 6) is 1.03. The molecule has 1 heterocycles. The Labute approximate surface area is 121 Å². The Balaban J connectivity index is 1.80. The Kier molecular flexibility index (Phi) is 5.28. The highest BCUT2D eigenvalue weighted by Crippen LogP contribution is 2.43. The van der Waals surface area contributed by atoms with Crippen LogP contribution in [0.3, 0.4) is 0 Å². The van der Waals surface area contributed by atoms with Gasteiger partial charge in [0.1, 0.15) is 5.82 Å². The first-order chi connectivity index (χ1) is 9.19. The number of aromatic nitrogens is 2. The van der Waals surface area contributed by atoms with Crippen molar-refractivity contribution in [1.82, 2.24) is 15.3 Å². The Bertz CT molecular complexity index is 391. The van der Waals surface area contributed by atoms with Crippen LogP contribution in [0, 0.1) is 5.41 Å². The van der Waals surface area contributed by atoms with E-state index in [0.29, 0.717) is 10.6 Å². The number of aromatic amines is 1. The van der Waals surface area contributed by atoms with Crippen molar-refractivity contribution in [1.29, 1.82) is 0 Å². The monoisotopic (exact) mass is 283 g/mol. The van der Waals surface area contributed by atoms with E-state index in [1.54, 1.807) is 0 Å². The lowest BCUT2D eigenvalue weighted by molar-refractivity contribution is 0.123. The normalized spacial score (nSPS) is 17.4. The van der Waals surface area contributed by atoms with Crippen molar-refractivity contribution < 1.29 is 0 Å². The van der Waals surface area contributed by atoms with Gasteiger partial charge in [0, 0.05) is 19.5 Å². The fraction of sp³-hybridized carbons (Fsp3) is 0.800. The van der Waals surface area contributed by atoms with Crippen LogP contribution in [-0.4, -0.2) is 16.5 Å². The van der Waals surface area contributed by atoms with Gasteiger partial charge < -0.3 is 10.3 Å². The molecule has 2 N–H and O–H groups in total. The molecule has 19 heavy (non-hydrogen) atoms. The smallest absolute Gasteiger partial charge is 0.151 e. The molecule has 0 aliphatic heterocycles. The second-order valence-electron chi connectivity index (χ2n) is 5.87. The molecule has 1 aliphatic carbocycles. The summed E-state index contributed by atoms with van der Waals surface area (Å²) < 4.78 is 0. The third-order valence-corrected chi connectivity index (χ3v) is 4.82. The topological polar surface area (TPSA) is 40.7 Å². The van der Waals surface area contributed by atoms with Crippen LogP contribution in [0.5, 0.6) is 0 Å². The molecule has 0 aromatic carbocycles. The maximum Gasteiger partial charge on any atom is 0.151 e. The van der Waals surface area contributed by atoms with Gasteiger partial charge in [-0.3, -0.25) is 0 Å². The van der Waals surface area contributed by atoms with Crippen LogP contribution >= 0.6 is 11.6 Å². The first-order valence-corrected chi connectivity index (χ1v) is 8.01. The molecular weight excluding hydrogens is 258 g/mol. The van der Waals surface area contributed by atoms with Crippen LogP contribution in [0.1, 0.15) is 63.9 Å². The van der Waals surface area contributed by atoms with Gasteiger partial charge in [0.15, 0.2) is 5.15 Å².